The standard InChI is InChI=1S/C15H10Cl3FO/c16-10-5-9-3-4-20-15(9)11(7-10)14(18)8-1-2-12(17)13(19)6-8/h1-2,5-7,14H,3-4H2. The van der Waals surface area contributed by atoms with E-state index >= 15 is 0 Å². The van der Waals surface area contributed by atoms with Gasteiger partial charge in [-0.05, 0) is 35.4 Å². The number of hydrogen-bond donors (Lipinski definition) is 0. The topological polar surface area (TPSA) is 9.23 Å². The van der Waals surface area contributed by atoms with Gasteiger partial charge in [-0.3, -0.25) is 0 Å². The summed E-state index contributed by atoms with van der Waals surface area (Å²) in [4.78, 5) is 0. The molecule has 0 spiro atoms. The Morgan fingerprint density at radius 2 is 1.95 bits per heavy atom. The van der Waals surface area contributed by atoms with Crippen LogP contribution in [0.15, 0.2) is 30.3 Å². The van der Waals surface area contributed by atoms with Crippen molar-refractivity contribution in [2.24, 2.45) is 0 Å². The predicted octanol–water partition coefficient (Wildman–Crippen LogP) is 5.40. The molecule has 0 aliphatic carbocycles. The molecule has 1 aliphatic heterocycles. The van der Waals surface area contributed by atoms with Gasteiger partial charge in [-0.2, -0.15) is 0 Å². The summed E-state index contributed by atoms with van der Waals surface area (Å²) in [6.45, 7) is 0.612. The lowest BCUT2D eigenvalue weighted by Crippen LogP contribution is -1.98. The lowest BCUT2D eigenvalue weighted by molar-refractivity contribution is 0.353. The van der Waals surface area contributed by atoms with E-state index in [-0.39, 0.29) is 5.02 Å². The Bertz CT molecular complexity index is 672. The third kappa shape index (κ3) is 2.48. The molecule has 0 saturated carbocycles. The highest BCUT2D eigenvalue weighted by Gasteiger charge is 2.23. The molecule has 0 radical (unpaired) electrons. The molecule has 3 rings (SSSR count). The molecule has 0 N–H and O–H groups in total. The highest BCUT2D eigenvalue weighted by atomic mass is 35.5. The fourth-order valence-corrected chi connectivity index (χ4v) is 3.00. The summed E-state index contributed by atoms with van der Waals surface area (Å²) < 4.78 is 19.2. The Morgan fingerprint density at radius 3 is 2.70 bits per heavy atom. The second kappa shape index (κ2) is 5.44. The lowest BCUT2D eigenvalue weighted by Gasteiger charge is -2.15. The Balaban J connectivity index is 2.06. The van der Waals surface area contributed by atoms with Crippen LogP contribution in [0.5, 0.6) is 5.75 Å². The van der Waals surface area contributed by atoms with Crippen LogP contribution in [0.2, 0.25) is 10.0 Å². The molecule has 2 aromatic carbocycles. The SMILES string of the molecule is Fc1cc(C(Cl)c2cc(Cl)cc3c2OCC3)ccc1Cl. The van der Waals surface area contributed by atoms with Crippen LogP contribution in [0.4, 0.5) is 4.39 Å². The van der Waals surface area contributed by atoms with E-state index in [0.29, 0.717) is 17.2 Å². The van der Waals surface area contributed by atoms with Gasteiger partial charge in [-0.25, -0.2) is 4.39 Å². The van der Waals surface area contributed by atoms with Gasteiger partial charge in [0.05, 0.1) is 17.0 Å². The summed E-state index contributed by atoms with van der Waals surface area (Å²) in [5.74, 6) is 0.263. The number of alkyl halides is 1. The van der Waals surface area contributed by atoms with Gasteiger partial charge in [0.2, 0.25) is 0 Å². The zero-order chi connectivity index (χ0) is 14.3. The van der Waals surface area contributed by atoms with Crippen molar-refractivity contribution >= 4 is 34.8 Å². The van der Waals surface area contributed by atoms with Crippen LogP contribution in [0.3, 0.4) is 0 Å². The minimum atomic E-state index is -0.535. The van der Waals surface area contributed by atoms with Gasteiger partial charge in [0, 0.05) is 17.0 Å². The van der Waals surface area contributed by atoms with Crippen molar-refractivity contribution in [3.8, 4) is 5.75 Å². The first-order chi connectivity index (χ1) is 9.56. The van der Waals surface area contributed by atoms with E-state index in [4.69, 9.17) is 39.5 Å². The number of rotatable bonds is 2. The van der Waals surface area contributed by atoms with Crippen LogP contribution in [-0.2, 0) is 6.42 Å². The summed E-state index contributed by atoms with van der Waals surface area (Å²) in [6.07, 6.45) is 0.807. The highest BCUT2D eigenvalue weighted by molar-refractivity contribution is 6.31. The molecule has 0 aromatic heterocycles. The molecule has 0 fully saturated rings. The minimum absolute atomic E-state index is 0.0742. The summed E-state index contributed by atoms with van der Waals surface area (Å²) >= 11 is 18.3. The smallest absolute Gasteiger partial charge is 0.142 e. The summed E-state index contributed by atoms with van der Waals surface area (Å²) in [5, 5.41) is 0.141. The molecular weight excluding hydrogens is 322 g/mol. The van der Waals surface area contributed by atoms with Crippen LogP contribution in [0.1, 0.15) is 22.1 Å². The summed E-state index contributed by atoms with van der Waals surface area (Å²) in [6, 6.07) is 8.16. The van der Waals surface area contributed by atoms with Gasteiger partial charge in [-0.1, -0.05) is 29.3 Å². The minimum Gasteiger partial charge on any atom is -0.493 e. The van der Waals surface area contributed by atoms with Crippen molar-refractivity contribution in [1.82, 2.24) is 0 Å². The number of benzene rings is 2. The van der Waals surface area contributed by atoms with Crippen LogP contribution >= 0.6 is 34.8 Å². The van der Waals surface area contributed by atoms with E-state index in [1.165, 1.54) is 12.1 Å². The van der Waals surface area contributed by atoms with Crippen molar-refractivity contribution in [2.45, 2.75) is 11.8 Å². The zero-order valence-electron chi connectivity index (χ0n) is 10.3. The fourth-order valence-electron chi connectivity index (χ4n) is 2.34. The summed E-state index contributed by atoms with van der Waals surface area (Å²) in [5.41, 5.74) is 2.41. The Morgan fingerprint density at radius 1 is 1.15 bits per heavy atom. The second-order valence-electron chi connectivity index (χ2n) is 4.62. The van der Waals surface area contributed by atoms with Crippen LogP contribution in [-0.4, -0.2) is 6.61 Å². The van der Waals surface area contributed by atoms with E-state index in [1.807, 2.05) is 6.07 Å². The zero-order valence-corrected chi connectivity index (χ0v) is 12.6. The van der Waals surface area contributed by atoms with Crippen molar-refractivity contribution in [3.05, 3.63) is 62.9 Å². The number of hydrogen-bond acceptors (Lipinski definition) is 1. The molecule has 0 bridgehead atoms. The quantitative estimate of drug-likeness (QED) is 0.670. The fraction of sp³-hybridized carbons (Fsp3) is 0.200. The molecule has 104 valence electrons. The molecule has 0 saturated heterocycles. The third-order valence-electron chi connectivity index (χ3n) is 3.29. The first-order valence-electron chi connectivity index (χ1n) is 6.10. The monoisotopic (exact) mass is 330 g/mol. The van der Waals surface area contributed by atoms with Gasteiger partial charge in [0.15, 0.2) is 0 Å². The number of fused-ring (bicyclic) bond motifs is 1. The normalized spacial score (nSPS) is 14.8. The van der Waals surface area contributed by atoms with E-state index in [0.717, 1.165) is 23.3 Å². The molecular formula is C15H10Cl3FO. The van der Waals surface area contributed by atoms with Crippen molar-refractivity contribution < 1.29 is 9.13 Å². The third-order valence-corrected chi connectivity index (χ3v) is 4.30. The highest BCUT2D eigenvalue weighted by Crippen LogP contribution is 2.41. The van der Waals surface area contributed by atoms with Gasteiger partial charge >= 0.3 is 0 Å². The number of ether oxygens (including phenoxy) is 1. The average Bonchev–Trinajstić information content (AvgIpc) is 2.88. The largest absolute Gasteiger partial charge is 0.493 e. The van der Waals surface area contributed by atoms with E-state index in [1.54, 1.807) is 12.1 Å². The summed E-state index contributed by atoms with van der Waals surface area (Å²) in [7, 11) is 0. The first-order valence-corrected chi connectivity index (χ1v) is 7.29. The lowest BCUT2D eigenvalue weighted by atomic mass is 10.0. The molecule has 2 aromatic rings. The van der Waals surface area contributed by atoms with Crippen molar-refractivity contribution in [2.75, 3.05) is 6.61 Å². The van der Waals surface area contributed by atoms with Crippen LogP contribution in [0, 0.1) is 5.82 Å². The van der Waals surface area contributed by atoms with Crippen molar-refractivity contribution in [3.63, 3.8) is 0 Å². The second-order valence-corrected chi connectivity index (χ2v) is 5.90. The van der Waals surface area contributed by atoms with Crippen LogP contribution < -0.4 is 4.74 Å². The van der Waals surface area contributed by atoms with E-state index in [2.05, 4.69) is 0 Å². The maximum Gasteiger partial charge on any atom is 0.142 e. The molecule has 0 amide bonds. The van der Waals surface area contributed by atoms with Crippen LogP contribution in [0.25, 0.3) is 0 Å². The van der Waals surface area contributed by atoms with Gasteiger partial charge in [0.1, 0.15) is 11.6 Å². The first kappa shape index (κ1) is 14.0. The molecule has 1 unspecified atom stereocenters. The van der Waals surface area contributed by atoms with E-state index in [9.17, 15) is 4.39 Å². The molecule has 20 heavy (non-hydrogen) atoms. The van der Waals surface area contributed by atoms with Gasteiger partial charge < -0.3 is 4.74 Å². The Labute approximate surface area is 131 Å². The van der Waals surface area contributed by atoms with Gasteiger partial charge in [-0.15, -0.1) is 11.6 Å². The van der Waals surface area contributed by atoms with Crippen molar-refractivity contribution in [1.29, 1.82) is 0 Å². The Hall–Kier alpha value is -0.960. The molecule has 5 heteroatoms. The maximum absolute atomic E-state index is 13.6. The molecule has 1 aliphatic rings. The molecule has 1 atom stereocenters. The predicted molar refractivity (Wildman–Crippen MR) is 79.8 cm³/mol. The Kier molecular flexibility index (Phi) is 3.80. The molecule has 1 nitrogen and oxygen atoms in total. The van der Waals surface area contributed by atoms with E-state index < -0.39 is 11.2 Å². The molecule has 1 heterocycles. The number of halogens is 4. The maximum atomic E-state index is 13.6. The average molecular weight is 332 g/mol. The van der Waals surface area contributed by atoms with Gasteiger partial charge in [0.25, 0.3) is 0 Å².